The number of nitrogens with zero attached hydrogens (tertiary/aromatic N) is 3. The van der Waals surface area contributed by atoms with Crippen molar-refractivity contribution in [2.24, 2.45) is 0 Å². The lowest BCUT2D eigenvalue weighted by Gasteiger charge is -2.24. The molecule has 0 aliphatic carbocycles. The van der Waals surface area contributed by atoms with Gasteiger partial charge in [0, 0.05) is 44.7 Å². The van der Waals surface area contributed by atoms with Gasteiger partial charge in [-0.15, -0.1) is 11.3 Å². The third-order valence-corrected chi connectivity index (χ3v) is 5.43. The molecular weight excluding hydrogens is 298 g/mol. The van der Waals surface area contributed by atoms with E-state index >= 15 is 0 Å². The molecule has 3 heterocycles. The van der Waals surface area contributed by atoms with Crippen LogP contribution in [0.3, 0.4) is 0 Å². The van der Waals surface area contributed by atoms with Crippen LogP contribution in [0, 0.1) is 0 Å². The minimum atomic E-state index is -0.183. The molecule has 6 heteroatoms. The monoisotopic (exact) mass is 323 g/mol. The van der Waals surface area contributed by atoms with Crippen LogP contribution in [0.1, 0.15) is 36.9 Å². The number of aromatic nitrogens is 1. The van der Waals surface area contributed by atoms with Crippen molar-refractivity contribution in [3.63, 3.8) is 0 Å². The Morgan fingerprint density at radius 1 is 1.36 bits per heavy atom. The van der Waals surface area contributed by atoms with Gasteiger partial charge >= 0.3 is 0 Å². The Morgan fingerprint density at radius 3 is 3.00 bits per heavy atom. The number of aryl methyl sites for hydroxylation is 1. The molecule has 2 saturated heterocycles. The SMILES string of the molecule is CCc1nc(CN2CCCN(C(=O)C3CCCO3)CC2)cs1. The summed E-state index contributed by atoms with van der Waals surface area (Å²) in [6.45, 7) is 7.41. The van der Waals surface area contributed by atoms with Gasteiger partial charge in [-0.2, -0.15) is 0 Å². The summed E-state index contributed by atoms with van der Waals surface area (Å²) in [5.41, 5.74) is 1.17. The smallest absolute Gasteiger partial charge is 0.251 e. The standard InChI is InChI=1S/C16H25N3O2S/c1-2-15-17-13(12-22-15)11-18-6-4-7-19(9-8-18)16(20)14-5-3-10-21-14/h12,14H,2-11H2,1H3. The Morgan fingerprint density at radius 2 is 2.27 bits per heavy atom. The van der Waals surface area contributed by atoms with Gasteiger partial charge in [0.05, 0.1) is 10.7 Å². The highest BCUT2D eigenvalue weighted by atomic mass is 32.1. The fourth-order valence-corrected chi connectivity index (χ4v) is 3.87. The van der Waals surface area contributed by atoms with Crippen molar-refractivity contribution in [2.45, 2.75) is 45.3 Å². The highest BCUT2D eigenvalue weighted by Gasteiger charge is 2.29. The normalized spacial score (nSPS) is 23.7. The van der Waals surface area contributed by atoms with Crippen LogP contribution in [-0.4, -0.2) is 59.6 Å². The summed E-state index contributed by atoms with van der Waals surface area (Å²) in [7, 11) is 0. The van der Waals surface area contributed by atoms with E-state index in [9.17, 15) is 4.79 Å². The molecular formula is C16H25N3O2S. The molecule has 1 aromatic heterocycles. The van der Waals surface area contributed by atoms with Gasteiger partial charge in [-0.05, 0) is 25.7 Å². The van der Waals surface area contributed by atoms with Crippen molar-refractivity contribution in [2.75, 3.05) is 32.8 Å². The molecule has 0 spiro atoms. The lowest BCUT2D eigenvalue weighted by molar-refractivity contribution is -0.140. The molecule has 3 rings (SSSR count). The second-order valence-electron chi connectivity index (χ2n) is 6.04. The minimum Gasteiger partial charge on any atom is -0.368 e. The largest absolute Gasteiger partial charge is 0.368 e. The van der Waals surface area contributed by atoms with E-state index in [0.29, 0.717) is 0 Å². The van der Waals surface area contributed by atoms with E-state index < -0.39 is 0 Å². The first-order valence-electron chi connectivity index (χ1n) is 8.32. The van der Waals surface area contributed by atoms with Crippen LogP contribution in [-0.2, 0) is 22.5 Å². The molecule has 5 nitrogen and oxygen atoms in total. The average Bonchev–Trinajstić information content (AvgIpc) is 3.16. The molecule has 0 aromatic carbocycles. The van der Waals surface area contributed by atoms with E-state index in [0.717, 1.165) is 65.0 Å². The lowest BCUT2D eigenvalue weighted by atomic mass is 10.2. The Bertz CT molecular complexity index is 499. The van der Waals surface area contributed by atoms with Gasteiger partial charge in [-0.1, -0.05) is 6.92 Å². The predicted octanol–water partition coefficient (Wildman–Crippen LogP) is 1.92. The Labute approximate surface area is 136 Å². The van der Waals surface area contributed by atoms with Crippen molar-refractivity contribution < 1.29 is 9.53 Å². The number of hydrogen-bond donors (Lipinski definition) is 0. The molecule has 0 radical (unpaired) electrons. The van der Waals surface area contributed by atoms with Crippen molar-refractivity contribution in [3.8, 4) is 0 Å². The van der Waals surface area contributed by atoms with Crippen LogP contribution >= 0.6 is 11.3 Å². The fourth-order valence-electron chi connectivity index (χ4n) is 3.14. The molecule has 122 valence electrons. The van der Waals surface area contributed by atoms with Gasteiger partial charge in [0.2, 0.25) is 0 Å². The maximum absolute atomic E-state index is 12.4. The van der Waals surface area contributed by atoms with Crippen LogP contribution in [0.15, 0.2) is 5.38 Å². The Hall–Kier alpha value is -0.980. The van der Waals surface area contributed by atoms with E-state index in [4.69, 9.17) is 4.74 Å². The molecule has 1 unspecified atom stereocenters. The predicted molar refractivity (Wildman–Crippen MR) is 86.9 cm³/mol. The van der Waals surface area contributed by atoms with Crippen LogP contribution in [0.25, 0.3) is 0 Å². The van der Waals surface area contributed by atoms with Crippen molar-refractivity contribution in [1.82, 2.24) is 14.8 Å². The molecule has 0 bridgehead atoms. The number of amides is 1. The summed E-state index contributed by atoms with van der Waals surface area (Å²) in [5, 5.41) is 3.37. The first-order chi connectivity index (χ1) is 10.8. The number of rotatable bonds is 4. The zero-order chi connectivity index (χ0) is 15.4. The molecule has 2 aliphatic heterocycles. The molecule has 2 aliphatic rings. The van der Waals surface area contributed by atoms with E-state index in [1.54, 1.807) is 11.3 Å². The van der Waals surface area contributed by atoms with Crippen molar-refractivity contribution >= 4 is 17.2 Å². The van der Waals surface area contributed by atoms with E-state index in [1.165, 1.54) is 10.7 Å². The Kier molecular flexibility index (Phi) is 5.44. The highest BCUT2D eigenvalue weighted by Crippen LogP contribution is 2.17. The van der Waals surface area contributed by atoms with Crippen molar-refractivity contribution in [1.29, 1.82) is 0 Å². The second-order valence-corrected chi connectivity index (χ2v) is 6.99. The number of ether oxygens (including phenoxy) is 1. The molecule has 2 fully saturated rings. The van der Waals surface area contributed by atoms with Gasteiger partial charge in [0.25, 0.3) is 5.91 Å². The van der Waals surface area contributed by atoms with E-state index in [1.807, 2.05) is 4.90 Å². The van der Waals surface area contributed by atoms with Gasteiger partial charge in [-0.25, -0.2) is 4.98 Å². The Balaban J connectivity index is 1.52. The number of thiazole rings is 1. The van der Waals surface area contributed by atoms with Gasteiger partial charge in [-0.3, -0.25) is 9.69 Å². The molecule has 0 N–H and O–H groups in total. The van der Waals surface area contributed by atoms with Crippen LogP contribution in [0.2, 0.25) is 0 Å². The quantitative estimate of drug-likeness (QED) is 0.849. The maximum Gasteiger partial charge on any atom is 0.251 e. The minimum absolute atomic E-state index is 0.183. The second kappa shape index (κ2) is 7.53. The van der Waals surface area contributed by atoms with Crippen molar-refractivity contribution in [3.05, 3.63) is 16.1 Å². The summed E-state index contributed by atoms with van der Waals surface area (Å²) in [6, 6.07) is 0. The highest BCUT2D eigenvalue weighted by molar-refractivity contribution is 7.09. The van der Waals surface area contributed by atoms with Crippen LogP contribution < -0.4 is 0 Å². The van der Waals surface area contributed by atoms with E-state index in [2.05, 4.69) is 22.2 Å². The maximum atomic E-state index is 12.4. The molecule has 1 atom stereocenters. The number of hydrogen-bond acceptors (Lipinski definition) is 5. The van der Waals surface area contributed by atoms with Gasteiger partial charge in [0.1, 0.15) is 6.10 Å². The van der Waals surface area contributed by atoms with Crippen LogP contribution in [0.5, 0.6) is 0 Å². The zero-order valence-corrected chi connectivity index (χ0v) is 14.1. The molecule has 1 amide bonds. The van der Waals surface area contributed by atoms with E-state index in [-0.39, 0.29) is 12.0 Å². The van der Waals surface area contributed by atoms with Crippen LogP contribution in [0.4, 0.5) is 0 Å². The third-order valence-electron chi connectivity index (χ3n) is 4.39. The fraction of sp³-hybridized carbons (Fsp3) is 0.750. The average molecular weight is 323 g/mol. The first-order valence-corrected chi connectivity index (χ1v) is 9.20. The topological polar surface area (TPSA) is 45.7 Å². The lowest BCUT2D eigenvalue weighted by Crippen LogP contribution is -2.41. The molecule has 1 aromatic rings. The first kappa shape index (κ1) is 15.9. The van der Waals surface area contributed by atoms with Gasteiger partial charge in [0.15, 0.2) is 0 Å². The molecule has 22 heavy (non-hydrogen) atoms. The number of carbonyl (C=O) groups is 1. The summed E-state index contributed by atoms with van der Waals surface area (Å²) < 4.78 is 5.53. The number of carbonyl (C=O) groups excluding carboxylic acids is 1. The summed E-state index contributed by atoms with van der Waals surface area (Å²) in [5.74, 6) is 0.196. The summed E-state index contributed by atoms with van der Waals surface area (Å²) >= 11 is 1.75. The summed E-state index contributed by atoms with van der Waals surface area (Å²) in [6.07, 6.45) is 3.76. The molecule has 0 saturated carbocycles. The third kappa shape index (κ3) is 3.86. The summed E-state index contributed by atoms with van der Waals surface area (Å²) in [4.78, 5) is 21.5. The van der Waals surface area contributed by atoms with Gasteiger partial charge < -0.3 is 9.64 Å². The zero-order valence-electron chi connectivity index (χ0n) is 13.3.